The molecule has 21 heavy (non-hydrogen) atoms. The first-order valence-electron chi connectivity index (χ1n) is 6.85. The summed E-state index contributed by atoms with van der Waals surface area (Å²) in [6.45, 7) is 7.98. The highest BCUT2D eigenvalue weighted by atomic mass is 32.2. The number of thioether (sulfide) groups is 1. The van der Waals surface area contributed by atoms with E-state index in [4.69, 9.17) is 0 Å². The molecule has 0 bridgehead atoms. The lowest BCUT2D eigenvalue weighted by atomic mass is 9.90. The second-order valence-corrected chi connectivity index (χ2v) is 7.15. The molecule has 0 aliphatic rings. The van der Waals surface area contributed by atoms with E-state index in [0.717, 1.165) is 5.69 Å². The third kappa shape index (κ3) is 4.89. The molecular formula is C15H24N2O3S. The van der Waals surface area contributed by atoms with Crippen molar-refractivity contribution < 1.29 is 15.0 Å². The lowest BCUT2D eigenvalue weighted by Crippen LogP contribution is -2.31. The number of aliphatic hydroxyl groups is 1. The number of aliphatic hydroxyl groups excluding tert-OH is 1. The standard InChI is InChI=1S/C15H24N2O3S/c1-9(11(8-18)21-5)16-13-7-10(14(19)20)6-12(17-13)15(2,3)4/h6-7,9,11,18H,8H2,1-5H3,(H,16,17)(H,19,20). The minimum atomic E-state index is -0.970. The second-order valence-electron chi connectivity index (χ2n) is 6.07. The lowest BCUT2D eigenvalue weighted by molar-refractivity contribution is 0.0696. The highest BCUT2D eigenvalue weighted by Gasteiger charge is 2.21. The molecule has 0 saturated heterocycles. The molecule has 0 saturated carbocycles. The van der Waals surface area contributed by atoms with Crippen LogP contribution in [-0.4, -0.2) is 45.3 Å². The van der Waals surface area contributed by atoms with Gasteiger partial charge in [0.2, 0.25) is 0 Å². The molecule has 1 aromatic heterocycles. The zero-order valence-corrected chi connectivity index (χ0v) is 14.0. The summed E-state index contributed by atoms with van der Waals surface area (Å²) < 4.78 is 0. The third-order valence-electron chi connectivity index (χ3n) is 3.26. The largest absolute Gasteiger partial charge is 0.478 e. The summed E-state index contributed by atoms with van der Waals surface area (Å²) in [5.74, 6) is -0.443. The van der Waals surface area contributed by atoms with Crippen LogP contribution in [0.1, 0.15) is 43.7 Å². The molecule has 6 heteroatoms. The monoisotopic (exact) mass is 312 g/mol. The summed E-state index contributed by atoms with van der Waals surface area (Å²) in [6.07, 6.45) is 1.93. The fourth-order valence-corrected chi connectivity index (χ4v) is 2.50. The van der Waals surface area contributed by atoms with Gasteiger partial charge in [0.1, 0.15) is 5.82 Å². The molecule has 1 aromatic rings. The van der Waals surface area contributed by atoms with Gasteiger partial charge in [-0.3, -0.25) is 0 Å². The Morgan fingerprint density at radius 3 is 2.48 bits per heavy atom. The number of rotatable bonds is 6. The predicted molar refractivity (Wildman–Crippen MR) is 87.4 cm³/mol. The summed E-state index contributed by atoms with van der Waals surface area (Å²) >= 11 is 1.56. The van der Waals surface area contributed by atoms with Crippen molar-refractivity contribution in [2.24, 2.45) is 0 Å². The van der Waals surface area contributed by atoms with Crippen LogP contribution in [0, 0.1) is 0 Å². The lowest BCUT2D eigenvalue weighted by Gasteiger charge is -2.24. The number of carboxylic acid groups (broad SMARTS) is 1. The van der Waals surface area contributed by atoms with Gasteiger partial charge in [0.05, 0.1) is 12.2 Å². The van der Waals surface area contributed by atoms with Crippen LogP contribution in [0.25, 0.3) is 0 Å². The zero-order chi connectivity index (χ0) is 16.2. The molecule has 2 atom stereocenters. The van der Waals surface area contributed by atoms with Crippen molar-refractivity contribution in [3.63, 3.8) is 0 Å². The van der Waals surface area contributed by atoms with Crippen LogP contribution in [0.3, 0.4) is 0 Å². The highest BCUT2D eigenvalue weighted by molar-refractivity contribution is 7.99. The van der Waals surface area contributed by atoms with E-state index in [0.29, 0.717) is 5.82 Å². The Morgan fingerprint density at radius 1 is 1.43 bits per heavy atom. The van der Waals surface area contributed by atoms with Gasteiger partial charge in [-0.2, -0.15) is 11.8 Å². The van der Waals surface area contributed by atoms with E-state index in [-0.39, 0.29) is 28.9 Å². The molecule has 3 N–H and O–H groups in total. The summed E-state index contributed by atoms with van der Waals surface area (Å²) in [4.78, 5) is 15.8. The number of carboxylic acids is 1. The fourth-order valence-electron chi connectivity index (χ4n) is 1.88. The Balaban J connectivity index is 3.12. The Labute approximate surface area is 130 Å². The Hall–Kier alpha value is -1.27. The summed E-state index contributed by atoms with van der Waals surface area (Å²) in [6, 6.07) is 3.12. The molecular weight excluding hydrogens is 288 g/mol. The highest BCUT2D eigenvalue weighted by Crippen LogP contribution is 2.24. The number of anilines is 1. The van der Waals surface area contributed by atoms with E-state index in [2.05, 4.69) is 10.3 Å². The molecule has 0 spiro atoms. The maximum atomic E-state index is 11.3. The maximum Gasteiger partial charge on any atom is 0.335 e. The normalized spacial score (nSPS) is 14.6. The first kappa shape index (κ1) is 17.8. The molecule has 0 fully saturated rings. The first-order valence-corrected chi connectivity index (χ1v) is 8.14. The Morgan fingerprint density at radius 2 is 2.05 bits per heavy atom. The third-order valence-corrected chi connectivity index (χ3v) is 4.42. The van der Waals surface area contributed by atoms with Gasteiger partial charge in [-0.25, -0.2) is 9.78 Å². The Kier molecular flexibility index (Phi) is 6.04. The quantitative estimate of drug-likeness (QED) is 0.749. The van der Waals surface area contributed by atoms with E-state index >= 15 is 0 Å². The minimum Gasteiger partial charge on any atom is -0.478 e. The van der Waals surface area contributed by atoms with Crippen molar-refractivity contribution in [3.05, 3.63) is 23.4 Å². The minimum absolute atomic E-state index is 0.0191. The molecule has 0 aliphatic heterocycles. The van der Waals surface area contributed by atoms with E-state index < -0.39 is 5.97 Å². The number of aromatic nitrogens is 1. The van der Waals surface area contributed by atoms with Gasteiger partial charge in [0.25, 0.3) is 0 Å². The number of aromatic carboxylic acids is 1. The smallest absolute Gasteiger partial charge is 0.335 e. The fraction of sp³-hybridized carbons (Fsp3) is 0.600. The number of nitrogens with zero attached hydrogens (tertiary/aromatic N) is 1. The topological polar surface area (TPSA) is 82.5 Å². The Bertz CT molecular complexity index is 496. The molecule has 0 amide bonds. The molecule has 1 heterocycles. The van der Waals surface area contributed by atoms with Crippen LogP contribution >= 0.6 is 11.8 Å². The van der Waals surface area contributed by atoms with E-state index in [1.54, 1.807) is 17.8 Å². The molecule has 118 valence electrons. The average molecular weight is 312 g/mol. The zero-order valence-electron chi connectivity index (χ0n) is 13.2. The predicted octanol–water partition coefficient (Wildman–Crippen LogP) is 2.60. The van der Waals surface area contributed by atoms with Crippen molar-refractivity contribution in [2.75, 3.05) is 18.2 Å². The van der Waals surface area contributed by atoms with Gasteiger partial charge >= 0.3 is 5.97 Å². The van der Waals surface area contributed by atoms with Gasteiger partial charge in [0, 0.05) is 22.4 Å². The van der Waals surface area contributed by atoms with Crippen LogP contribution < -0.4 is 5.32 Å². The van der Waals surface area contributed by atoms with Gasteiger partial charge in [-0.15, -0.1) is 0 Å². The maximum absolute atomic E-state index is 11.3. The molecule has 0 radical (unpaired) electrons. The van der Waals surface area contributed by atoms with Crippen molar-refractivity contribution in [1.29, 1.82) is 0 Å². The number of hydrogen-bond donors (Lipinski definition) is 3. The molecule has 0 aliphatic carbocycles. The van der Waals surface area contributed by atoms with E-state index in [1.165, 1.54) is 6.07 Å². The average Bonchev–Trinajstić information content (AvgIpc) is 2.38. The van der Waals surface area contributed by atoms with Crippen molar-refractivity contribution in [2.45, 2.75) is 44.4 Å². The van der Waals surface area contributed by atoms with Crippen LogP contribution in [0.15, 0.2) is 12.1 Å². The molecule has 1 rings (SSSR count). The number of nitrogens with one attached hydrogen (secondary N) is 1. The van der Waals surface area contributed by atoms with Gasteiger partial charge in [0.15, 0.2) is 0 Å². The summed E-state index contributed by atoms with van der Waals surface area (Å²) in [7, 11) is 0. The molecule has 2 unspecified atom stereocenters. The van der Waals surface area contributed by atoms with Gasteiger partial charge in [-0.1, -0.05) is 20.8 Å². The first-order chi connectivity index (χ1) is 9.68. The van der Waals surface area contributed by atoms with E-state index in [1.807, 2.05) is 34.0 Å². The molecule has 5 nitrogen and oxygen atoms in total. The van der Waals surface area contributed by atoms with Crippen LogP contribution in [-0.2, 0) is 5.41 Å². The van der Waals surface area contributed by atoms with Crippen LogP contribution in [0.5, 0.6) is 0 Å². The summed E-state index contributed by atoms with van der Waals surface area (Å²) in [5, 5.41) is 21.8. The number of carbonyl (C=O) groups is 1. The second kappa shape index (κ2) is 7.13. The van der Waals surface area contributed by atoms with Crippen LogP contribution in [0.4, 0.5) is 5.82 Å². The number of hydrogen-bond acceptors (Lipinski definition) is 5. The van der Waals surface area contributed by atoms with Gasteiger partial charge in [-0.05, 0) is 25.3 Å². The SMILES string of the molecule is CSC(CO)C(C)Nc1cc(C(=O)O)cc(C(C)(C)C)n1. The molecule has 0 aromatic carbocycles. The van der Waals surface area contributed by atoms with Crippen LogP contribution in [0.2, 0.25) is 0 Å². The van der Waals surface area contributed by atoms with Crippen molar-refractivity contribution in [1.82, 2.24) is 4.98 Å². The summed E-state index contributed by atoms with van der Waals surface area (Å²) in [5.41, 5.74) is 0.706. The van der Waals surface area contributed by atoms with Crippen molar-refractivity contribution >= 4 is 23.5 Å². The van der Waals surface area contributed by atoms with E-state index in [9.17, 15) is 15.0 Å². The number of pyridine rings is 1. The van der Waals surface area contributed by atoms with Gasteiger partial charge < -0.3 is 15.5 Å². The van der Waals surface area contributed by atoms with Crippen molar-refractivity contribution in [3.8, 4) is 0 Å².